The molecule has 0 saturated carbocycles. The summed E-state index contributed by atoms with van der Waals surface area (Å²) in [6.45, 7) is 2.46. The van der Waals surface area contributed by atoms with Crippen molar-refractivity contribution in [1.29, 1.82) is 0 Å². The van der Waals surface area contributed by atoms with Crippen LogP contribution in [0.3, 0.4) is 0 Å². The molecule has 0 aromatic carbocycles. The molecule has 1 aromatic rings. The van der Waals surface area contributed by atoms with Crippen molar-refractivity contribution in [3.05, 3.63) is 23.0 Å². The number of aliphatic hydroxyl groups is 2. The highest BCUT2D eigenvalue weighted by Gasteiger charge is 2.11. The zero-order valence-electron chi connectivity index (χ0n) is 10.7. The third-order valence-electron chi connectivity index (χ3n) is 2.64. The predicted octanol–water partition coefficient (Wildman–Crippen LogP) is -0.315. The third kappa shape index (κ3) is 3.92. The number of methoxy groups -OCH3 is 1. The van der Waals surface area contributed by atoms with Gasteiger partial charge in [-0.2, -0.15) is 0 Å². The lowest BCUT2D eigenvalue weighted by molar-refractivity contribution is 0.0643. The number of ether oxygens (including phenoxy) is 1. The molecule has 0 aliphatic carbocycles. The van der Waals surface area contributed by atoms with E-state index in [0.717, 1.165) is 0 Å². The van der Waals surface area contributed by atoms with Crippen molar-refractivity contribution < 1.29 is 20.1 Å². The molecule has 0 saturated heterocycles. The number of pyridine rings is 1. The summed E-state index contributed by atoms with van der Waals surface area (Å²) in [5, 5.41) is 31.5. The Labute approximate surface area is 106 Å². The van der Waals surface area contributed by atoms with E-state index in [1.807, 2.05) is 0 Å². The van der Waals surface area contributed by atoms with Gasteiger partial charge in [0.05, 0.1) is 25.0 Å². The number of aliphatic hydroxyl groups excluding tert-OH is 2. The highest BCUT2D eigenvalue weighted by molar-refractivity contribution is 5.40. The first kappa shape index (κ1) is 14.8. The van der Waals surface area contributed by atoms with Crippen molar-refractivity contribution in [2.75, 3.05) is 20.3 Å². The van der Waals surface area contributed by atoms with Crippen LogP contribution in [0.4, 0.5) is 0 Å². The summed E-state index contributed by atoms with van der Waals surface area (Å²) in [6.07, 6.45) is 0.940. The van der Waals surface area contributed by atoms with E-state index in [2.05, 4.69) is 10.3 Å². The SMILES string of the molecule is COCC(O)CNCc1c(CO)cnc(C)c1O. The van der Waals surface area contributed by atoms with Crippen molar-refractivity contribution in [2.24, 2.45) is 0 Å². The minimum absolute atomic E-state index is 0.0790. The molecule has 1 heterocycles. The molecule has 6 nitrogen and oxygen atoms in total. The van der Waals surface area contributed by atoms with Gasteiger partial charge in [0.1, 0.15) is 5.75 Å². The lowest BCUT2D eigenvalue weighted by Crippen LogP contribution is -2.30. The zero-order valence-corrected chi connectivity index (χ0v) is 10.7. The van der Waals surface area contributed by atoms with Crippen LogP contribution in [0.2, 0.25) is 0 Å². The van der Waals surface area contributed by atoms with E-state index < -0.39 is 6.10 Å². The first-order valence-corrected chi connectivity index (χ1v) is 5.75. The van der Waals surface area contributed by atoms with Gasteiger partial charge in [0.2, 0.25) is 0 Å². The Morgan fingerprint density at radius 1 is 1.50 bits per heavy atom. The number of nitrogens with zero attached hydrogens (tertiary/aromatic N) is 1. The van der Waals surface area contributed by atoms with Crippen LogP contribution < -0.4 is 5.32 Å². The minimum Gasteiger partial charge on any atom is -0.506 e. The molecule has 0 amide bonds. The van der Waals surface area contributed by atoms with Gasteiger partial charge in [0, 0.05) is 37.5 Å². The number of aromatic nitrogens is 1. The van der Waals surface area contributed by atoms with E-state index in [1.54, 1.807) is 6.92 Å². The molecule has 0 radical (unpaired) electrons. The van der Waals surface area contributed by atoms with Crippen LogP contribution in [0.1, 0.15) is 16.8 Å². The summed E-state index contributed by atoms with van der Waals surface area (Å²) in [5.74, 6) is 0.0790. The quantitative estimate of drug-likeness (QED) is 0.534. The number of hydrogen-bond acceptors (Lipinski definition) is 6. The van der Waals surface area contributed by atoms with Crippen LogP contribution in [-0.4, -0.2) is 46.7 Å². The van der Waals surface area contributed by atoms with Crippen molar-refractivity contribution in [3.63, 3.8) is 0 Å². The highest BCUT2D eigenvalue weighted by atomic mass is 16.5. The molecule has 102 valence electrons. The number of aromatic hydroxyl groups is 1. The number of aryl methyl sites for hydroxylation is 1. The van der Waals surface area contributed by atoms with Gasteiger partial charge < -0.3 is 25.4 Å². The van der Waals surface area contributed by atoms with Crippen LogP contribution in [0, 0.1) is 6.92 Å². The Hall–Kier alpha value is -1.21. The van der Waals surface area contributed by atoms with E-state index in [1.165, 1.54) is 13.3 Å². The van der Waals surface area contributed by atoms with Crippen molar-refractivity contribution in [2.45, 2.75) is 26.2 Å². The molecule has 0 aliphatic heterocycles. The van der Waals surface area contributed by atoms with Crippen molar-refractivity contribution in [1.82, 2.24) is 10.3 Å². The van der Waals surface area contributed by atoms with Gasteiger partial charge in [-0.15, -0.1) is 0 Å². The molecule has 1 aromatic heterocycles. The monoisotopic (exact) mass is 256 g/mol. The fourth-order valence-electron chi connectivity index (χ4n) is 1.63. The van der Waals surface area contributed by atoms with Gasteiger partial charge in [-0.25, -0.2) is 0 Å². The second-order valence-electron chi connectivity index (χ2n) is 4.09. The average molecular weight is 256 g/mol. The topological polar surface area (TPSA) is 94.8 Å². The number of hydrogen-bond donors (Lipinski definition) is 4. The van der Waals surface area contributed by atoms with Crippen LogP contribution in [0.25, 0.3) is 0 Å². The summed E-state index contributed by atoms with van der Waals surface area (Å²) in [5.41, 5.74) is 1.70. The standard InChI is InChI=1S/C12H20N2O4/c1-8-12(17)11(9(6-15)3-14-8)5-13-4-10(16)7-18-2/h3,10,13,15-17H,4-7H2,1-2H3. The van der Waals surface area contributed by atoms with Gasteiger partial charge in [-0.1, -0.05) is 0 Å². The summed E-state index contributed by atoms with van der Waals surface area (Å²) in [7, 11) is 1.52. The molecule has 0 aliphatic rings. The normalized spacial score (nSPS) is 12.7. The second-order valence-corrected chi connectivity index (χ2v) is 4.09. The van der Waals surface area contributed by atoms with Gasteiger partial charge >= 0.3 is 0 Å². The zero-order chi connectivity index (χ0) is 13.5. The fourth-order valence-corrected chi connectivity index (χ4v) is 1.63. The molecule has 1 atom stereocenters. The van der Waals surface area contributed by atoms with E-state index in [0.29, 0.717) is 29.9 Å². The Kier molecular flexibility index (Phi) is 6.00. The van der Waals surface area contributed by atoms with E-state index in [4.69, 9.17) is 4.74 Å². The summed E-state index contributed by atoms with van der Waals surface area (Å²) >= 11 is 0. The number of rotatable bonds is 7. The molecule has 1 unspecified atom stereocenters. The first-order chi connectivity index (χ1) is 8.60. The molecule has 0 fully saturated rings. The third-order valence-corrected chi connectivity index (χ3v) is 2.64. The van der Waals surface area contributed by atoms with E-state index in [-0.39, 0.29) is 19.0 Å². The van der Waals surface area contributed by atoms with Crippen LogP contribution in [-0.2, 0) is 17.9 Å². The highest BCUT2D eigenvalue weighted by Crippen LogP contribution is 2.23. The van der Waals surface area contributed by atoms with Crippen LogP contribution in [0.15, 0.2) is 6.20 Å². The maximum Gasteiger partial charge on any atom is 0.141 e. The molecular formula is C12H20N2O4. The smallest absolute Gasteiger partial charge is 0.141 e. The maximum absolute atomic E-state index is 9.88. The molecular weight excluding hydrogens is 236 g/mol. The Morgan fingerprint density at radius 2 is 2.22 bits per heavy atom. The summed E-state index contributed by atoms with van der Waals surface area (Å²) in [6, 6.07) is 0. The minimum atomic E-state index is -0.599. The number of nitrogens with one attached hydrogen (secondary N) is 1. The largest absolute Gasteiger partial charge is 0.506 e. The lowest BCUT2D eigenvalue weighted by Gasteiger charge is -2.14. The van der Waals surface area contributed by atoms with Crippen molar-refractivity contribution in [3.8, 4) is 5.75 Å². The van der Waals surface area contributed by atoms with Gasteiger partial charge in [-0.05, 0) is 6.92 Å². The summed E-state index contributed by atoms with van der Waals surface area (Å²) in [4.78, 5) is 3.98. The second kappa shape index (κ2) is 7.27. The van der Waals surface area contributed by atoms with E-state index >= 15 is 0 Å². The fraction of sp³-hybridized carbons (Fsp3) is 0.583. The molecule has 0 spiro atoms. The van der Waals surface area contributed by atoms with E-state index in [9.17, 15) is 15.3 Å². The van der Waals surface area contributed by atoms with Crippen LogP contribution in [0.5, 0.6) is 5.75 Å². The molecule has 18 heavy (non-hydrogen) atoms. The molecule has 6 heteroatoms. The first-order valence-electron chi connectivity index (χ1n) is 5.75. The summed E-state index contributed by atoms with van der Waals surface area (Å²) < 4.78 is 4.80. The molecule has 1 rings (SSSR count). The van der Waals surface area contributed by atoms with Crippen LogP contribution >= 0.6 is 0 Å². The Balaban J connectivity index is 2.63. The molecule has 0 bridgehead atoms. The Bertz CT molecular complexity index is 385. The van der Waals surface area contributed by atoms with Gasteiger partial charge in [0.15, 0.2) is 0 Å². The van der Waals surface area contributed by atoms with Crippen molar-refractivity contribution >= 4 is 0 Å². The lowest BCUT2D eigenvalue weighted by atomic mass is 10.1. The average Bonchev–Trinajstić information content (AvgIpc) is 2.35. The molecule has 4 N–H and O–H groups in total. The maximum atomic E-state index is 9.88. The van der Waals surface area contributed by atoms with Gasteiger partial charge in [-0.3, -0.25) is 4.98 Å². The predicted molar refractivity (Wildman–Crippen MR) is 66.2 cm³/mol. The van der Waals surface area contributed by atoms with Gasteiger partial charge in [0.25, 0.3) is 0 Å². The Morgan fingerprint density at radius 3 is 2.83 bits per heavy atom.